The van der Waals surface area contributed by atoms with E-state index in [2.05, 4.69) is 0 Å². The van der Waals surface area contributed by atoms with Crippen molar-refractivity contribution in [3.8, 4) is 0 Å². The summed E-state index contributed by atoms with van der Waals surface area (Å²) in [6.45, 7) is 7.97. The van der Waals surface area contributed by atoms with Gasteiger partial charge in [-0.1, -0.05) is 6.92 Å². The topological polar surface area (TPSA) is 57.6 Å². The van der Waals surface area contributed by atoms with E-state index in [1.54, 1.807) is 11.9 Å². The third kappa shape index (κ3) is 3.70. The molecule has 0 bridgehead atoms. The molecule has 20 heavy (non-hydrogen) atoms. The molecule has 110 valence electrons. The number of amides is 1. The molecule has 1 N–H and O–H groups in total. The number of carbonyl (C=O) groups is 2. The van der Waals surface area contributed by atoms with Crippen molar-refractivity contribution >= 4 is 29.3 Å². The quantitative estimate of drug-likeness (QED) is 0.847. The Labute approximate surface area is 123 Å². The number of aryl methyl sites for hydroxylation is 1. The van der Waals surface area contributed by atoms with E-state index in [1.807, 2.05) is 33.8 Å². The largest absolute Gasteiger partial charge is 0.478 e. The van der Waals surface area contributed by atoms with Gasteiger partial charge in [-0.2, -0.15) is 0 Å². The van der Waals surface area contributed by atoms with Crippen LogP contribution in [0.15, 0.2) is 12.1 Å². The van der Waals surface area contributed by atoms with Crippen molar-refractivity contribution < 1.29 is 14.7 Å². The fraction of sp³-hybridized carbons (Fsp3) is 0.467. The molecule has 0 saturated heterocycles. The van der Waals surface area contributed by atoms with E-state index in [0.717, 1.165) is 22.9 Å². The molecule has 0 aliphatic rings. The van der Waals surface area contributed by atoms with Gasteiger partial charge in [0.2, 0.25) is 0 Å². The standard InChI is InChI=1S/C15H21NO3S/c1-6-15(3,4)16(5)14(19)12-9-10(2)11(20-12)7-8-13(17)18/h7-9H,6H2,1-5H3,(H,17,18)/b8-7+. The van der Waals surface area contributed by atoms with E-state index in [9.17, 15) is 9.59 Å². The Balaban J connectivity index is 3.01. The van der Waals surface area contributed by atoms with Crippen LogP contribution in [0.3, 0.4) is 0 Å². The Bertz CT molecular complexity index is 543. The van der Waals surface area contributed by atoms with E-state index < -0.39 is 5.97 Å². The predicted octanol–water partition coefficient (Wildman–Crippen LogP) is 3.41. The zero-order valence-electron chi connectivity index (χ0n) is 12.6. The summed E-state index contributed by atoms with van der Waals surface area (Å²) < 4.78 is 0. The minimum atomic E-state index is -0.991. The summed E-state index contributed by atoms with van der Waals surface area (Å²) >= 11 is 1.32. The predicted molar refractivity (Wildman–Crippen MR) is 82.2 cm³/mol. The molecule has 4 nitrogen and oxygen atoms in total. The van der Waals surface area contributed by atoms with Gasteiger partial charge in [0, 0.05) is 23.5 Å². The van der Waals surface area contributed by atoms with Gasteiger partial charge in [-0.15, -0.1) is 11.3 Å². The Kier molecular flexibility index (Phi) is 5.11. The zero-order chi connectivity index (χ0) is 15.5. The molecule has 0 aliphatic carbocycles. The fourth-order valence-electron chi connectivity index (χ4n) is 1.59. The van der Waals surface area contributed by atoms with Crippen LogP contribution in [-0.4, -0.2) is 34.5 Å². The minimum Gasteiger partial charge on any atom is -0.478 e. The summed E-state index contributed by atoms with van der Waals surface area (Å²) in [5, 5.41) is 8.65. The Morgan fingerprint density at radius 3 is 2.55 bits per heavy atom. The van der Waals surface area contributed by atoms with Gasteiger partial charge in [0.25, 0.3) is 5.91 Å². The second-order valence-corrected chi connectivity index (χ2v) is 6.44. The smallest absolute Gasteiger partial charge is 0.328 e. The number of carboxylic acid groups (broad SMARTS) is 1. The summed E-state index contributed by atoms with van der Waals surface area (Å²) in [5.74, 6) is -1.02. The van der Waals surface area contributed by atoms with Gasteiger partial charge in [-0.25, -0.2) is 4.79 Å². The Morgan fingerprint density at radius 2 is 2.05 bits per heavy atom. The van der Waals surface area contributed by atoms with E-state index in [1.165, 1.54) is 17.4 Å². The third-order valence-corrected chi connectivity index (χ3v) is 4.81. The second kappa shape index (κ2) is 6.22. The van der Waals surface area contributed by atoms with Crippen LogP contribution in [-0.2, 0) is 4.79 Å². The van der Waals surface area contributed by atoms with Crippen LogP contribution in [0.1, 0.15) is 47.3 Å². The van der Waals surface area contributed by atoms with E-state index in [0.29, 0.717) is 4.88 Å². The average molecular weight is 295 g/mol. The van der Waals surface area contributed by atoms with Gasteiger partial charge in [0.1, 0.15) is 0 Å². The van der Waals surface area contributed by atoms with Crippen molar-refractivity contribution in [3.63, 3.8) is 0 Å². The minimum absolute atomic E-state index is 0.0278. The summed E-state index contributed by atoms with van der Waals surface area (Å²) in [5.41, 5.74) is 0.713. The van der Waals surface area contributed by atoms with E-state index in [-0.39, 0.29) is 11.4 Å². The molecule has 0 saturated carbocycles. The maximum Gasteiger partial charge on any atom is 0.328 e. The molecule has 0 aliphatic heterocycles. The lowest BCUT2D eigenvalue weighted by Crippen LogP contribution is -2.44. The van der Waals surface area contributed by atoms with Crippen LogP contribution >= 0.6 is 11.3 Å². The molecule has 1 aromatic rings. The lowest BCUT2D eigenvalue weighted by atomic mass is 10.00. The molecule has 5 heteroatoms. The summed E-state index contributed by atoms with van der Waals surface area (Å²) in [4.78, 5) is 26.2. The highest BCUT2D eigenvalue weighted by molar-refractivity contribution is 7.15. The molecule has 0 fully saturated rings. The Hall–Kier alpha value is -1.62. The number of hydrogen-bond acceptors (Lipinski definition) is 3. The summed E-state index contributed by atoms with van der Waals surface area (Å²) in [6, 6.07) is 1.82. The highest BCUT2D eigenvalue weighted by Crippen LogP contribution is 2.27. The molecular formula is C15H21NO3S. The Morgan fingerprint density at radius 1 is 1.45 bits per heavy atom. The van der Waals surface area contributed by atoms with Crippen LogP contribution in [0.5, 0.6) is 0 Å². The molecule has 0 unspecified atom stereocenters. The SMILES string of the molecule is CCC(C)(C)N(C)C(=O)c1cc(C)c(/C=C/C(=O)O)s1. The third-order valence-electron chi connectivity index (χ3n) is 3.62. The number of hydrogen-bond donors (Lipinski definition) is 1. The van der Waals surface area contributed by atoms with Crippen molar-refractivity contribution in [1.82, 2.24) is 4.90 Å². The molecular weight excluding hydrogens is 274 g/mol. The first kappa shape index (κ1) is 16.4. The number of thiophene rings is 1. The first-order valence-corrected chi connectivity index (χ1v) is 7.30. The van der Waals surface area contributed by atoms with Crippen LogP contribution in [0.2, 0.25) is 0 Å². The van der Waals surface area contributed by atoms with Crippen molar-refractivity contribution in [3.05, 3.63) is 27.5 Å². The average Bonchev–Trinajstić information content (AvgIpc) is 2.75. The number of rotatable bonds is 5. The summed E-state index contributed by atoms with van der Waals surface area (Å²) in [6.07, 6.45) is 3.49. The van der Waals surface area contributed by atoms with Crippen molar-refractivity contribution in [2.75, 3.05) is 7.05 Å². The van der Waals surface area contributed by atoms with Crippen molar-refractivity contribution in [2.45, 2.75) is 39.7 Å². The van der Waals surface area contributed by atoms with Crippen LogP contribution in [0.4, 0.5) is 0 Å². The molecule has 0 spiro atoms. The first-order chi connectivity index (χ1) is 9.19. The molecule has 1 heterocycles. The number of nitrogens with zero attached hydrogens (tertiary/aromatic N) is 1. The molecule has 0 radical (unpaired) electrons. The van der Waals surface area contributed by atoms with Gasteiger partial charge in [-0.3, -0.25) is 4.79 Å². The molecule has 1 amide bonds. The van der Waals surface area contributed by atoms with E-state index >= 15 is 0 Å². The lowest BCUT2D eigenvalue weighted by Gasteiger charge is -2.34. The normalized spacial score (nSPS) is 11.8. The zero-order valence-corrected chi connectivity index (χ0v) is 13.4. The van der Waals surface area contributed by atoms with Crippen LogP contribution in [0.25, 0.3) is 6.08 Å². The highest BCUT2D eigenvalue weighted by atomic mass is 32.1. The van der Waals surface area contributed by atoms with Gasteiger partial charge >= 0.3 is 5.97 Å². The van der Waals surface area contributed by atoms with Gasteiger partial charge < -0.3 is 10.0 Å². The maximum absolute atomic E-state index is 12.4. The lowest BCUT2D eigenvalue weighted by molar-refractivity contribution is -0.131. The fourth-order valence-corrected chi connectivity index (χ4v) is 2.64. The first-order valence-electron chi connectivity index (χ1n) is 6.48. The number of carboxylic acids is 1. The maximum atomic E-state index is 12.4. The second-order valence-electron chi connectivity index (χ2n) is 5.36. The van der Waals surface area contributed by atoms with Crippen LogP contribution < -0.4 is 0 Å². The van der Waals surface area contributed by atoms with Crippen molar-refractivity contribution in [1.29, 1.82) is 0 Å². The molecule has 0 aromatic carbocycles. The highest BCUT2D eigenvalue weighted by Gasteiger charge is 2.27. The molecule has 1 aromatic heterocycles. The number of aliphatic carboxylic acids is 1. The van der Waals surface area contributed by atoms with Crippen LogP contribution in [0, 0.1) is 6.92 Å². The monoisotopic (exact) mass is 295 g/mol. The molecule has 0 atom stereocenters. The van der Waals surface area contributed by atoms with Crippen molar-refractivity contribution in [2.24, 2.45) is 0 Å². The van der Waals surface area contributed by atoms with Gasteiger partial charge in [-0.05, 0) is 44.9 Å². The summed E-state index contributed by atoms with van der Waals surface area (Å²) in [7, 11) is 1.80. The van der Waals surface area contributed by atoms with Gasteiger partial charge in [0.05, 0.1) is 4.88 Å². The van der Waals surface area contributed by atoms with Gasteiger partial charge in [0.15, 0.2) is 0 Å². The molecule has 1 rings (SSSR count). The van der Waals surface area contributed by atoms with E-state index in [4.69, 9.17) is 5.11 Å². The number of carbonyl (C=O) groups excluding carboxylic acids is 1.